The number of nitrogens with zero attached hydrogens (tertiary/aromatic N) is 1. The van der Waals surface area contributed by atoms with Gasteiger partial charge in [-0.05, 0) is 32.2 Å². The van der Waals surface area contributed by atoms with Crippen LogP contribution in [0, 0.1) is 6.92 Å². The molecule has 0 spiro atoms. The molecule has 1 amide bonds. The highest BCUT2D eigenvalue weighted by Gasteiger charge is 2.26. The van der Waals surface area contributed by atoms with Crippen LogP contribution in [0.4, 0.5) is 0 Å². The average molecular weight is 312 g/mol. The highest BCUT2D eigenvalue weighted by Crippen LogP contribution is 2.23. The van der Waals surface area contributed by atoms with E-state index in [1.165, 1.54) is 0 Å². The Morgan fingerprint density at radius 1 is 1.43 bits per heavy atom. The summed E-state index contributed by atoms with van der Waals surface area (Å²) in [6.07, 6.45) is 1.94. The van der Waals surface area contributed by atoms with Crippen LogP contribution in [-0.4, -0.2) is 55.2 Å². The molecule has 0 aromatic carbocycles. The number of hydrogen-bond donors (Lipinski definition) is 1. The number of ether oxygens (including phenoxy) is 1. The van der Waals surface area contributed by atoms with Crippen molar-refractivity contribution < 1.29 is 13.9 Å². The molecule has 5 nitrogen and oxygen atoms in total. The van der Waals surface area contributed by atoms with E-state index < -0.39 is 0 Å². The van der Waals surface area contributed by atoms with Crippen molar-refractivity contribution in [3.63, 3.8) is 0 Å². The van der Waals surface area contributed by atoms with Crippen molar-refractivity contribution in [1.29, 1.82) is 0 Å². The fourth-order valence-electron chi connectivity index (χ4n) is 2.38. The van der Waals surface area contributed by atoms with Gasteiger partial charge in [0, 0.05) is 19.6 Å². The van der Waals surface area contributed by atoms with Crippen molar-refractivity contribution in [1.82, 2.24) is 10.2 Å². The molecule has 1 N–H and O–H groups in total. The zero-order valence-electron chi connectivity index (χ0n) is 12.9. The molecular weight excluding hydrogens is 288 g/mol. The van der Waals surface area contributed by atoms with E-state index in [0.717, 1.165) is 37.8 Å². The zero-order chi connectivity index (χ0) is 15.2. The van der Waals surface area contributed by atoms with E-state index in [9.17, 15) is 4.79 Å². The summed E-state index contributed by atoms with van der Waals surface area (Å²) in [6.45, 7) is 7.60. The molecule has 1 aromatic heterocycles. The second-order valence-electron chi connectivity index (χ2n) is 5.24. The van der Waals surface area contributed by atoms with Crippen LogP contribution in [0.1, 0.15) is 24.5 Å². The maximum atomic E-state index is 12.0. The van der Waals surface area contributed by atoms with Gasteiger partial charge in [0.1, 0.15) is 11.5 Å². The fraction of sp³-hybridized carbons (Fsp3) is 0.667. The lowest BCUT2D eigenvalue weighted by atomic mass is 10.1. The van der Waals surface area contributed by atoms with Gasteiger partial charge >= 0.3 is 0 Å². The SMILES string of the molecule is CS[C@H](C)C(=O)NC[C@H](c1ccc(C)o1)N1CCOCC1. The third-order valence-corrected chi connectivity index (χ3v) is 4.69. The zero-order valence-corrected chi connectivity index (χ0v) is 13.7. The van der Waals surface area contributed by atoms with E-state index in [1.54, 1.807) is 11.8 Å². The molecule has 1 saturated heterocycles. The first-order chi connectivity index (χ1) is 10.1. The van der Waals surface area contributed by atoms with Crippen LogP contribution >= 0.6 is 11.8 Å². The number of carbonyl (C=O) groups is 1. The van der Waals surface area contributed by atoms with Crippen LogP contribution in [0.2, 0.25) is 0 Å². The van der Waals surface area contributed by atoms with Gasteiger partial charge in [-0.2, -0.15) is 11.8 Å². The third-order valence-electron chi connectivity index (χ3n) is 3.77. The average Bonchev–Trinajstić information content (AvgIpc) is 2.93. The Hall–Kier alpha value is -0.980. The number of aryl methyl sites for hydroxylation is 1. The van der Waals surface area contributed by atoms with Gasteiger partial charge < -0.3 is 14.5 Å². The Labute approximate surface area is 130 Å². The summed E-state index contributed by atoms with van der Waals surface area (Å²) in [5.41, 5.74) is 0. The minimum atomic E-state index is -0.0336. The smallest absolute Gasteiger partial charge is 0.232 e. The number of furan rings is 1. The summed E-state index contributed by atoms with van der Waals surface area (Å²) in [7, 11) is 0. The van der Waals surface area contributed by atoms with Gasteiger partial charge in [0.2, 0.25) is 5.91 Å². The molecule has 1 aromatic rings. The molecule has 0 unspecified atom stereocenters. The van der Waals surface area contributed by atoms with Crippen molar-refractivity contribution >= 4 is 17.7 Å². The molecule has 2 rings (SSSR count). The number of morpholine rings is 1. The molecule has 2 atom stereocenters. The molecule has 2 heterocycles. The summed E-state index contributed by atoms with van der Waals surface area (Å²) in [5.74, 6) is 1.88. The first-order valence-electron chi connectivity index (χ1n) is 7.30. The largest absolute Gasteiger partial charge is 0.465 e. The fourth-order valence-corrected chi connectivity index (χ4v) is 2.68. The first-order valence-corrected chi connectivity index (χ1v) is 8.59. The normalized spacial score (nSPS) is 19.2. The Morgan fingerprint density at radius 3 is 2.71 bits per heavy atom. The van der Waals surface area contributed by atoms with Crippen LogP contribution in [0.15, 0.2) is 16.5 Å². The summed E-state index contributed by atoms with van der Waals surface area (Å²) in [6, 6.07) is 4.04. The van der Waals surface area contributed by atoms with Crippen LogP contribution < -0.4 is 5.32 Å². The van der Waals surface area contributed by atoms with Gasteiger partial charge in [-0.1, -0.05) is 0 Å². The van der Waals surface area contributed by atoms with Crippen LogP contribution in [-0.2, 0) is 9.53 Å². The van der Waals surface area contributed by atoms with Crippen molar-refractivity contribution in [3.8, 4) is 0 Å². The Balaban J connectivity index is 2.03. The van der Waals surface area contributed by atoms with Gasteiger partial charge in [-0.25, -0.2) is 0 Å². The predicted octanol–water partition coefficient (Wildman–Crippen LogP) is 1.83. The van der Waals surface area contributed by atoms with Gasteiger partial charge in [-0.3, -0.25) is 9.69 Å². The predicted molar refractivity (Wildman–Crippen MR) is 84.6 cm³/mol. The molecule has 0 saturated carbocycles. The first kappa shape index (κ1) is 16.4. The minimum Gasteiger partial charge on any atom is -0.465 e. The van der Waals surface area contributed by atoms with E-state index in [2.05, 4.69) is 10.2 Å². The summed E-state index contributed by atoms with van der Waals surface area (Å²) in [5, 5.41) is 3.00. The van der Waals surface area contributed by atoms with Gasteiger partial charge in [0.15, 0.2) is 0 Å². The second kappa shape index (κ2) is 7.87. The highest BCUT2D eigenvalue weighted by atomic mass is 32.2. The summed E-state index contributed by atoms with van der Waals surface area (Å²) < 4.78 is 11.2. The van der Waals surface area contributed by atoms with Crippen LogP contribution in [0.3, 0.4) is 0 Å². The maximum absolute atomic E-state index is 12.0. The van der Waals surface area contributed by atoms with E-state index in [4.69, 9.17) is 9.15 Å². The lowest BCUT2D eigenvalue weighted by Crippen LogP contribution is -2.44. The van der Waals surface area contributed by atoms with Gasteiger partial charge in [-0.15, -0.1) is 0 Å². The van der Waals surface area contributed by atoms with E-state index >= 15 is 0 Å². The van der Waals surface area contributed by atoms with Gasteiger partial charge in [0.05, 0.1) is 24.5 Å². The molecule has 1 fully saturated rings. The molecule has 1 aliphatic rings. The molecule has 0 bridgehead atoms. The lowest BCUT2D eigenvalue weighted by Gasteiger charge is -2.33. The van der Waals surface area contributed by atoms with Crippen LogP contribution in [0.5, 0.6) is 0 Å². The number of amides is 1. The van der Waals surface area contributed by atoms with Crippen molar-refractivity contribution in [2.24, 2.45) is 0 Å². The maximum Gasteiger partial charge on any atom is 0.232 e. The number of nitrogens with one attached hydrogen (secondary N) is 1. The number of hydrogen-bond acceptors (Lipinski definition) is 5. The monoisotopic (exact) mass is 312 g/mol. The van der Waals surface area contributed by atoms with Crippen molar-refractivity contribution in [3.05, 3.63) is 23.7 Å². The van der Waals surface area contributed by atoms with Crippen molar-refractivity contribution in [2.45, 2.75) is 25.1 Å². The minimum absolute atomic E-state index is 0.0336. The molecule has 21 heavy (non-hydrogen) atoms. The van der Waals surface area contributed by atoms with E-state index in [1.807, 2.05) is 32.2 Å². The number of carbonyl (C=O) groups excluding carboxylic acids is 1. The third kappa shape index (κ3) is 4.49. The number of thioether (sulfide) groups is 1. The second-order valence-corrected chi connectivity index (χ2v) is 6.41. The molecule has 0 aliphatic carbocycles. The molecule has 0 radical (unpaired) electrons. The Kier molecular flexibility index (Phi) is 6.14. The standard InChI is InChI=1S/C15H24N2O3S/c1-11-4-5-14(20-11)13(17-6-8-19-9-7-17)10-16-15(18)12(2)21-3/h4-5,12-13H,6-10H2,1-3H3,(H,16,18)/t12-,13-/m1/s1. The van der Waals surface area contributed by atoms with E-state index in [0.29, 0.717) is 6.54 Å². The number of rotatable bonds is 6. The van der Waals surface area contributed by atoms with Gasteiger partial charge in [0.25, 0.3) is 0 Å². The molecule has 118 valence electrons. The Morgan fingerprint density at radius 2 is 2.14 bits per heavy atom. The summed E-state index contributed by atoms with van der Waals surface area (Å²) >= 11 is 1.55. The van der Waals surface area contributed by atoms with Crippen molar-refractivity contribution in [2.75, 3.05) is 39.1 Å². The quantitative estimate of drug-likeness (QED) is 0.868. The Bertz CT molecular complexity index is 458. The molecule has 6 heteroatoms. The molecular formula is C15H24N2O3S. The topological polar surface area (TPSA) is 54.7 Å². The highest BCUT2D eigenvalue weighted by molar-refractivity contribution is 7.99. The van der Waals surface area contributed by atoms with Crippen LogP contribution in [0.25, 0.3) is 0 Å². The molecule has 1 aliphatic heterocycles. The van der Waals surface area contributed by atoms with E-state index in [-0.39, 0.29) is 17.2 Å². The summed E-state index contributed by atoms with van der Waals surface area (Å²) in [4.78, 5) is 14.3. The lowest BCUT2D eigenvalue weighted by molar-refractivity contribution is -0.120.